The minimum absolute atomic E-state index is 0.0449. The average molecular weight is 332 g/mol. The molecule has 0 bridgehead atoms. The molecule has 2 unspecified atom stereocenters. The van der Waals surface area contributed by atoms with E-state index in [0.29, 0.717) is 6.04 Å². The third kappa shape index (κ3) is 4.55. The number of hydrogen-bond donors (Lipinski definition) is 3. The number of hydrogen-bond acceptors (Lipinski definition) is 4. The van der Waals surface area contributed by atoms with Gasteiger partial charge in [0.25, 0.3) is 0 Å². The van der Waals surface area contributed by atoms with Crippen LogP contribution in [0.5, 0.6) is 0 Å². The summed E-state index contributed by atoms with van der Waals surface area (Å²) in [4.78, 5) is 26.2. The van der Waals surface area contributed by atoms with Crippen LogP contribution in [0.1, 0.15) is 37.3 Å². The molecule has 24 heavy (non-hydrogen) atoms. The first-order valence-electron chi connectivity index (χ1n) is 8.54. The van der Waals surface area contributed by atoms with Crippen LogP contribution in [0.25, 0.3) is 0 Å². The molecule has 132 valence electrons. The van der Waals surface area contributed by atoms with Crippen LogP contribution in [-0.2, 0) is 9.59 Å². The van der Waals surface area contributed by atoms with Crippen LogP contribution in [0, 0.1) is 13.8 Å². The Hall–Kier alpha value is -1.92. The van der Waals surface area contributed by atoms with Crippen molar-refractivity contribution in [3.05, 3.63) is 29.3 Å². The SMILES string of the molecule is CCCC1CC(C(=O)N(C)CC(=O)Nc2c(C)cccc2C)NN1. The third-order valence-corrected chi connectivity index (χ3v) is 4.42. The van der Waals surface area contributed by atoms with E-state index in [9.17, 15) is 9.59 Å². The number of para-hydroxylation sites is 1. The van der Waals surface area contributed by atoms with E-state index in [1.54, 1.807) is 7.05 Å². The Labute approximate surface area is 144 Å². The molecule has 2 amide bonds. The van der Waals surface area contributed by atoms with Gasteiger partial charge in [0.1, 0.15) is 6.04 Å². The van der Waals surface area contributed by atoms with Gasteiger partial charge in [-0.1, -0.05) is 31.5 Å². The standard InChI is InChI=1S/C18H28N4O2/c1-5-7-14-10-15(21-20-14)18(24)22(4)11-16(23)19-17-12(2)8-6-9-13(17)3/h6,8-9,14-15,20-21H,5,7,10-11H2,1-4H3,(H,19,23). The van der Waals surface area contributed by atoms with Crippen molar-refractivity contribution in [1.82, 2.24) is 15.8 Å². The number of likely N-dealkylation sites (N-methyl/N-ethyl adjacent to an activating group) is 1. The second-order valence-corrected chi connectivity index (χ2v) is 6.57. The number of nitrogens with zero attached hydrogens (tertiary/aromatic N) is 1. The van der Waals surface area contributed by atoms with Crippen LogP contribution in [0.2, 0.25) is 0 Å². The number of benzene rings is 1. The summed E-state index contributed by atoms with van der Waals surface area (Å²) >= 11 is 0. The van der Waals surface area contributed by atoms with Crippen LogP contribution in [0.3, 0.4) is 0 Å². The van der Waals surface area contributed by atoms with Crippen molar-refractivity contribution in [1.29, 1.82) is 0 Å². The summed E-state index contributed by atoms with van der Waals surface area (Å²) < 4.78 is 0. The second-order valence-electron chi connectivity index (χ2n) is 6.57. The van der Waals surface area contributed by atoms with E-state index < -0.39 is 0 Å². The summed E-state index contributed by atoms with van der Waals surface area (Å²) in [5, 5.41) is 2.92. The molecule has 0 saturated carbocycles. The molecule has 6 nitrogen and oxygen atoms in total. The van der Waals surface area contributed by atoms with E-state index in [0.717, 1.165) is 36.1 Å². The van der Waals surface area contributed by atoms with Crippen LogP contribution in [0.4, 0.5) is 5.69 Å². The van der Waals surface area contributed by atoms with Crippen molar-refractivity contribution in [2.75, 3.05) is 18.9 Å². The molecule has 0 spiro atoms. The largest absolute Gasteiger partial charge is 0.335 e. The number of nitrogens with one attached hydrogen (secondary N) is 3. The van der Waals surface area contributed by atoms with Gasteiger partial charge in [0.15, 0.2) is 0 Å². The van der Waals surface area contributed by atoms with Crippen molar-refractivity contribution in [3.63, 3.8) is 0 Å². The predicted octanol–water partition coefficient (Wildman–Crippen LogP) is 1.74. The molecule has 2 atom stereocenters. The lowest BCUT2D eigenvalue weighted by molar-refractivity contribution is -0.134. The normalized spacial score (nSPS) is 20.0. The van der Waals surface area contributed by atoms with Crippen molar-refractivity contribution in [3.8, 4) is 0 Å². The number of carbonyl (C=O) groups excluding carboxylic acids is 2. The lowest BCUT2D eigenvalue weighted by Gasteiger charge is -2.21. The first-order valence-corrected chi connectivity index (χ1v) is 8.54. The van der Waals surface area contributed by atoms with Gasteiger partial charge < -0.3 is 10.2 Å². The molecule has 1 aliphatic heterocycles. The minimum atomic E-state index is -0.264. The van der Waals surface area contributed by atoms with Crippen LogP contribution >= 0.6 is 0 Å². The fraction of sp³-hybridized carbons (Fsp3) is 0.556. The Morgan fingerprint density at radius 1 is 1.25 bits per heavy atom. The molecule has 1 aromatic rings. The van der Waals surface area contributed by atoms with Crippen LogP contribution in [-0.4, -0.2) is 42.4 Å². The monoisotopic (exact) mass is 332 g/mol. The second kappa shape index (κ2) is 8.26. The maximum atomic E-state index is 12.5. The maximum Gasteiger partial charge on any atom is 0.243 e. The zero-order valence-electron chi connectivity index (χ0n) is 15.0. The van der Waals surface area contributed by atoms with E-state index in [4.69, 9.17) is 0 Å². The number of rotatable bonds is 6. The van der Waals surface area contributed by atoms with Gasteiger partial charge in [0.05, 0.1) is 6.54 Å². The number of carbonyl (C=O) groups is 2. The fourth-order valence-electron chi connectivity index (χ4n) is 3.07. The lowest BCUT2D eigenvalue weighted by Crippen LogP contribution is -2.46. The van der Waals surface area contributed by atoms with Gasteiger partial charge in [0, 0.05) is 18.8 Å². The molecular formula is C18H28N4O2. The summed E-state index contributed by atoms with van der Waals surface area (Å²) in [6.07, 6.45) is 2.87. The van der Waals surface area contributed by atoms with Crippen molar-refractivity contribution < 1.29 is 9.59 Å². The Balaban J connectivity index is 1.88. The topological polar surface area (TPSA) is 73.5 Å². The summed E-state index contributed by atoms with van der Waals surface area (Å²) in [6, 6.07) is 5.93. The summed E-state index contributed by atoms with van der Waals surface area (Å²) in [6.45, 7) is 6.09. The van der Waals surface area contributed by atoms with Crippen LogP contribution < -0.4 is 16.2 Å². The predicted molar refractivity (Wildman–Crippen MR) is 95.6 cm³/mol. The molecule has 3 N–H and O–H groups in total. The highest BCUT2D eigenvalue weighted by atomic mass is 16.2. The first kappa shape index (κ1) is 18.4. The van der Waals surface area contributed by atoms with Crippen LogP contribution in [0.15, 0.2) is 18.2 Å². The Kier molecular flexibility index (Phi) is 6.34. The quantitative estimate of drug-likeness (QED) is 0.742. The maximum absolute atomic E-state index is 12.5. The fourth-order valence-corrected chi connectivity index (χ4v) is 3.07. The molecule has 0 radical (unpaired) electrons. The molecule has 2 rings (SSSR count). The Morgan fingerprint density at radius 2 is 1.92 bits per heavy atom. The highest BCUT2D eigenvalue weighted by molar-refractivity contribution is 5.96. The van der Waals surface area contributed by atoms with E-state index in [2.05, 4.69) is 23.1 Å². The molecule has 1 aliphatic rings. The Bertz CT molecular complexity index is 582. The van der Waals surface area contributed by atoms with Gasteiger partial charge in [0.2, 0.25) is 11.8 Å². The number of amides is 2. The van der Waals surface area contributed by atoms with Gasteiger partial charge >= 0.3 is 0 Å². The van der Waals surface area contributed by atoms with E-state index >= 15 is 0 Å². The zero-order valence-corrected chi connectivity index (χ0v) is 15.0. The third-order valence-electron chi connectivity index (χ3n) is 4.42. The Morgan fingerprint density at radius 3 is 2.54 bits per heavy atom. The summed E-state index contributed by atoms with van der Waals surface area (Å²) in [5.74, 6) is -0.239. The number of aryl methyl sites for hydroxylation is 2. The van der Waals surface area contributed by atoms with E-state index in [1.807, 2.05) is 32.0 Å². The van der Waals surface area contributed by atoms with Crippen molar-refractivity contribution in [2.45, 2.75) is 52.1 Å². The molecule has 0 aliphatic carbocycles. The molecule has 1 heterocycles. The van der Waals surface area contributed by atoms with Gasteiger partial charge in [-0.15, -0.1) is 0 Å². The molecular weight excluding hydrogens is 304 g/mol. The zero-order chi connectivity index (χ0) is 17.7. The molecule has 6 heteroatoms. The lowest BCUT2D eigenvalue weighted by atomic mass is 10.1. The smallest absolute Gasteiger partial charge is 0.243 e. The highest BCUT2D eigenvalue weighted by Crippen LogP contribution is 2.19. The highest BCUT2D eigenvalue weighted by Gasteiger charge is 2.31. The molecule has 1 aromatic carbocycles. The van der Waals surface area contributed by atoms with E-state index in [-0.39, 0.29) is 24.4 Å². The van der Waals surface area contributed by atoms with Crippen molar-refractivity contribution in [2.24, 2.45) is 0 Å². The molecule has 0 aromatic heterocycles. The van der Waals surface area contributed by atoms with Gasteiger partial charge in [-0.25, -0.2) is 5.43 Å². The minimum Gasteiger partial charge on any atom is -0.335 e. The average Bonchev–Trinajstić information content (AvgIpc) is 2.99. The number of hydrazine groups is 1. The number of anilines is 1. The van der Waals surface area contributed by atoms with E-state index in [1.165, 1.54) is 4.90 Å². The van der Waals surface area contributed by atoms with Gasteiger partial charge in [-0.3, -0.25) is 15.0 Å². The first-order chi connectivity index (χ1) is 11.4. The van der Waals surface area contributed by atoms with Gasteiger partial charge in [-0.05, 0) is 37.8 Å². The summed E-state index contributed by atoms with van der Waals surface area (Å²) in [5.41, 5.74) is 9.05. The van der Waals surface area contributed by atoms with Gasteiger partial charge in [-0.2, -0.15) is 0 Å². The molecule has 1 fully saturated rings. The van der Waals surface area contributed by atoms with Crippen molar-refractivity contribution >= 4 is 17.5 Å². The summed E-state index contributed by atoms with van der Waals surface area (Å²) in [7, 11) is 1.67. The molecule has 1 saturated heterocycles.